The summed E-state index contributed by atoms with van der Waals surface area (Å²) >= 11 is 0. The fourth-order valence-corrected chi connectivity index (χ4v) is 3.36. The topological polar surface area (TPSA) is 106 Å². The fourth-order valence-electron chi connectivity index (χ4n) is 3.36. The average Bonchev–Trinajstić information content (AvgIpc) is 3.64. The molecule has 1 atom stereocenters. The third kappa shape index (κ3) is 6.70. The van der Waals surface area contributed by atoms with Gasteiger partial charge in [0.25, 0.3) is 0 Å². The van der Waals surface area contributed by atoms with Crippen molar-refractivity contribution in [1.82, 2.24) is 15.3 Å². The van der Waals surface area contributed by atoms with Crippen LogP contribution >= 0.6 is 0 Å². The number of carbonyl (C=O) groups excluding carboxylic acids is 1. The molecule has 1 heterocycles. The Balaban J connectivity index is 1.48. The number of aromatic nitrogens is 2. The van der Waals surface area contributed by atoms with Crippen LogP contribution in [0, 0.1) is 11.8 Å². The Morgan fingerprint density at radius 2 is 1.88 bits per heavy atom. The molecule has 11 heteroatoms. The molecule has 0 saturated heterocycles. The summed E-state index contributed by atoms with van der Waals surface area (Å²) in [6, 6.07) is 5.19. The summed E-state index contributed by atoms with van der Waals surface area (Å²) in [4.78, 5) is 20.8. The fraction of sp³-hybridized carbons (Fsp3) is 0.500. The molecule has 0 radical (unpaired) electrons. The Labute approximate surface area is 188 Å². The number of benzene rings is 1. The summed E-state index contributed by atoms with van der Waals surface area (Å²) in [5.41, 5.74) is -0.213. The zero-order valence-corrected chi connectivity index (χ0v) is 18.0. The van der Waals surface area contributed by atoms with E-state index >= 15 is 0 Å². The molecule has 1 aromatic heterocycles. The molecule has 33 heavy (non-hydrogen) atoms. The highest BCUT2D eigenvalue weighted by atomic mass is 19.4. The quantitative estimate of drug-likeness (QED) is 0.511. The number of ether oxygens (including phenoxy) is 2. The number of nitrogens with zero attached hydrogens (tertiary/aromatic N) is 2. The van der Waals surface area contributed by atoms with Gasteiger partial charge in [-0.25, -0.2) is 14.8 Å². The van der Waals surface area contributed by atoms with Gasteiger partial charge in [-0.05, 0) is 68.7 Å². The van der Waals surface area contributed by atoms with Crippen molar-refractivity contribution in [2.24, 2.45) is 11.8 Å². The molecule has 0 bridgehead atoms. The van der Waals surface area contributed by atoms with E-state index in [0.717, 1.165) is 25.7 Å². The Morgan fingerprint density at radius 1 is 1.18 bits per heavy atom. The number of anilines is 1. The predicted molar refractivity (Wildman–Crippen MR) is 113 cm³/mol. The second kappa shape index (κ2) is 9.05. The molecule has 3 N–H and O–H groups in total. The molecule has 2 aliphatic rings. The predicted octanol–water partition coefficient (Wildman–Crippen LogP) is 4.11. The van der Waals surface area contributed by atoms with Gasteiger partial charge in [0.2, 0.25) is 5.88 Å². The van der Waals surface area contributed by atoms with E-state index in [-0.39, 0.29) is 24.1 Å². The number of hydrogen-bond acceptors (Lipinski definition) is 7. The lowest BCUT2D eigenvalue weighted by Gasteiger charge is -2.22. The Bertz CT molecular complexity index is 990. The van der Waals surface area contributed by atoms with E-state index in [1.807, 2.05) is 0 Å². The summed E-state index contributed by atoms with van der Waals surface area (Å²) in [7, 11) is 0. The van der Waals surface area contributed by atoms with Gasteiger partial charge in [-0.3, -0.25) is 0 Å². The van der Waals surface area contributed by atoms with Gasteiger partial charge in [0.15, 0.2) is 5.82 Å². The third-order valence-corrected chi connectivity index (χ3v) is 5.61. The Hall–Kier alpha value is -3.08. The SMILES string of the molecule is C[C@](O)(CNC(=O)Oc1cnc(NCC2CC2)c(-c2ccc(OC(F)(F)F)cc2)n1)C1CC1. The molecule has 178 valence electrons. The Morgan fingerprint density at radius 3 is 2.48 bits per heavy atom. The number of aliphatic hydroxyl groups is 1. The van der Waals surface area contributed by atoms with Gasteiger partial charge in [0.05, 0.1) is 11.8 Å². The van der Waals surface area contributed by atoms with Crippen molar-refractivity contribution < 1.29 is 32.5 Å². The number of amides is 1. The minimum Gasteiger partial charge on any atom is -0.406 e. The number of rotatable bonds is 9. The maximum Gasteiger partial charge on any atom is 0.573 e. The number of halogens is 3. The van der Waals surface area contributed by atoms with E-state index in [4.69, 9.17) is 4.74 Å². The summed E-state index contributed by atoms with van der Waals surface area (Å²) in [6.45, 7) is 2.39. The molecule has 8 nitrogen and oxygen atoms in total. The highest BCUT2D eigenvalue weighted by Gasteiger charge is 2.40. The summed E-state index contributed by atoms with van der Waals surface area (Å²) < 4.78 is 46.5. The minimum absolute atomic E-state index is 0.0402. The molecule has 2 saturated carbocycles. The second-order valence-electron chi connectivity index (χ2n) is 8.68. The van der Waals surface area contributed by atoms with E-state index in [1.54, 1.807) is 6.92 Å². The van der Waals surface area contributed by atoms with Crippen molar-refractivity contribution in [1.29, 1.82) is 0 Å². The lowest BCUT2D eigenvalue weighted by Crippen LogP contribution is -2.43. The van der Waals surface area contributed by atoms with E-state index in [2.05, 4.69) is 25.3 Å². The van der Waals surface area contributed by atoms with Crippen molar-refractivity contribution in [3.05, 3.63) is 30.5 Å². The van der Waals surface area contributed by atoms with Crippen LogP contribution in [0.4, 0.5) is 23.8 Å². The van der Waals surface area contributed by atoms with E-state index in [0.29, 0.717) is 29.5 Å². The van der Waals surface area contributed by atoms with Gasteiger partial charge < -0.3 is 25.2 Å². The van der Waals surface area contributed by atoms with Gasteiger partial charge >= 0.3 is 12.5 Å². The zero-order valence-electron chi connectivity index (χ0n) is 18.0. The molecule has 2 aliphatic carbocycles. The highest BCUT2D eigenvalue weighted by molar-refractivity contribution is 5.74. The van der Waals surface area contributed by atoms with Gasteiger partial charge in [-0.1, -0.05) is 0 Å². The van der Waals surface area contributed by atoms with Crippen LogP contribution in [0.3, 0.4) is 0 Å². The normalized spacial score (nSPS) is 17.7. The van der Waals surface area contributed by atoms with Crippen LogP contribution in [-0.2, 0) is 0 Å². The minimum atomic E-state index is -4.79. The largest absolute Gasteiger partial charge is 0.573 e. The van der Waals surface area contributed by atoms with Crippen molar-refractivity contribution in [3.8, 4) is 22.9 Å². The first-order valence-electron chi connectivity index (χ1n) is 10.7. The molecule has 1 amide bonds. The lowest BCUT2D eigenvalue weighted by atomic mass is 10.0. The van der Waals surface area contributed by atoms with Gasteiger partial charge in [-0.2, -0.15) is 0 Å². The zero-order chi connectivity index (χ0) is 23.6. The van der Waals surface area contributed by atoms with Gasteiger partial charge in [0.1, 0.15) is 11.4 Å². The van der Waals surface area contributed by atoms with Crippen molar-refractivity contribution in [2.75, 3.05) is 18.4 Å². The van der Waals surface area contributed by atoms with E-state index in [9.17, 15) is 23.1 Å². The lowest BCUT2D eigenvalue weighted by molar-refractivity contribution is -0.274. The first-order chi connectivity index (χ1) is 15.6. The maximum absolute atomic E-state index is 12.4. The third-order valence-electron chi connectivity index (χ3n) is 5.61. The van der Waals surface area contributed by atoms with Crippen LogP contribution in [0.1, 0.15) is 32.6 Å². The molecular formula is C22H25F3N4O4. The van der Waals surface area contributed by atoms with Crippen LogP contribution in [0.5, 0.6) is 11.6 Å². The molecule has 2 fully saturated rings. The van der Waals surface area contributed by atoms with Crippen LogP contribution in [0.25, 0.3) is 11.3 Å². The number of alkyl halides is 3. The van der Waals surface area contributed by atoms with Crippen LogP contribution in [0.2, 0.25) is 0 Å². The van der Waals surface area contributed by atoms with Gasteiger partial charge in [0, 0.05) is 18.7 Å². The molecule has 0 spiro atoms. The summed E-state index contributed by atoms with van der Waals surface area (Å²) in [5, 5.41) is 16.0. The highest BCUT2D eigenvalue weighted by Crippen LogP contribution is 2.39. The summed E-state index contributed by atoms with van der Waals surface area (Å²) in [5.74, 6) is 0.687. The molecule has 0 aliphatic heterocycles. The Kier molecular flexibility index (Phi) is 6.33. The second-order valence-corrected chi connectivity index (χ2v) is 8.68. The number of hydrogen-bond donors (Lipinski definition) is 3. The van der Waals surface area contributed by atoms with Crippen molar-refractivity contribution in [2.45, 2.75) is 44.6 Å². The molecular weight excluding hydrogens is 441 g/mol. The molecule has 0 unspecified atom stereocenters. The standard InChI is InChI=1S/C22H25F3N4O4/c1-21(31,15-6-7-15)12-28-20(30)32-17-11-27-19(26-10-13-2-3-13)18(29-17)14-4-8-16(9-5-14)33-22(23,24)25/h4-5,8-9,11,13,15,31H,2-3,6-7,10,12H2,1H3,(H,26,27)(H,28,30)/t21-/m0/s1. The van der Waals surface area contributed by atoms with Crippen molar-refractivity contribution >= 4 is 11.9 Å². The maximum atomic E-state index is 12.4. The summed E-state index contributed by atoms with van der Waals surface area (Å²) in [6.07, 6.45) is -0.219. The molecule has 4 rings (SSSR count). The van der Waals surface area contributed by atoms with Crippen LogP contribution < -0.4 is 20.1 Å². The van der Waals surface area contributed by atoms with Crippen molar-refractivity contribution in [3.63, 3.8) is 0 Å². The first kappa shape index (κ1) is 23.1. The molecule has 1 aromatic carbocycles. The van der Waals surface area contributed by atoms with Gasteiger partial charge in [-0.15, -0.1) is 13.2 Å². The number of carbonyl (C=O) groups is 1. The average molecular weight is 466 g/mol. The monoisotopic (exact) mass is 466 g/mol. The smallest absolute Gasteiger partial charge is 0.406 e. The molecule has 2 aromatic rings. The van der Waals surface area contributed by atoms with Crippen LogP contribution in [-0.4, -0.2) is 46.2 Å². The van der Waals surface area contributed by atoms with E-state index < -0.39 is 18.1 Å². The van der Waals surface area contributed by atoms with Crippen LogP contribution in [0.15, 0.2) is 30.5 Å². The first-order valence-corrected chi connectivity index (χ1v) is 10.7. The number of nitrogens with one attached hydrogen (secondary N) is 2. The van der Waals surface area contributed by atoms with E-state index in [1.165, 1.54) is 30.5 Å².